The average molecular weight is 396 g/mol. The lowest BCUT2D eigenvalue weighted by Crippen LogP contribution is -2.48. The van der Waals surface area contributed by atoms with Crippen molar-refractivity contribution in [1.82, 2.24) is 4.98 Å². The van der Waals surface area contributed by atoms with Gasteiger partial charge >= 0.3 is 0 Å². The van der Waals surface area contributed by atoms with Crippen LogP contribution in [0.2, 0.25) is 0 Å². The molecule has 4 bridgehead atoms. The molecule has 0 atom stereocenters. The second kappa shape index (κ2) is 6.70. The van der Waals surface area contributed by atoms with Gasteiger partial charge in [0.2, 0.25) is 0 Å². The minimum Gasteiger partial charge on any atom is -0.507 e. The van der Waals surface area contributed by atoms with Crippen molar-refractivity contribution in [2.75, 3.05) is 0 Å². The molecule has 3 aromatic rings. The Morgan fingerprint density at radius 2 is 1.43 bits per heavy atom. The molecule has 2 heteroatoms. The van der Waals surface area contributed by atoms with E-state index in [0.29, 0.717) is 5.75 Å². The van der Waals surface area contributed by atoms with Crippen molar-refractivity contribution in [2.24, 2.45) is 17.8 Å². The van der Waals surface area contributed by atoms with Crippen LogP contribution in [-0.4, -0.2) is 10.1 Å². The Kier molecular flexibility index (Phi) is 4.06. The van der Waals surface area contributed by atoms with Crippen LogP contribution in [0.25, 0.3) is 22.4 Å². The van der Waals surface area contributed by atoms with E-state index in [4.69, 9.17) is 0 Å². The Labute approximate surface area is 179 Å². The third kappa shape index (κ3) is 2.80. The number of nitrogens with zero attached hydrogens (tertiary/aromatic N) is 1. The highest BCUT2D eigenvalue weighted by atomic mass is 16.3. The van der Waals surface area contributed by atoms with E-state index >= 15 is 0 Å². The van der Waals surface area contributed by atoms with Gasteiger partial charge in [-0.1, -0.05) is 36.4 Å². The summed E-state index contributed by atoms with van der Waals surface area (Å²) in [6.07, 6.45) is 9.87. The quantitative estimate of drug-likeness (QED) is 0.523. The normalized spacial score (nSPS) is 29.3. The van der Waals surface area contributed by atoms with Crippen LogP contribution in [0.1, 0.15) is 49.7 Å². The zero-order chi connectivity index (χ0) is 20.3. The third-order valence-corrected chi connectivity index (χ3v) is 8.02. The van der Waals surface area contributed by atoms with Gasteiger partial charge < -0.3 is 5.11 Å². The van der Waals surface area contributed by atoms with Gasteiger partial charge in [0.25, 0.3) is 0 Å². The number of hydrogen-bond donors (Lipinski definition) is 1. The molecule has 4 aliphatic rings. The van der Waals surface area contributed by atoms with Crippen molar-refractivity contribution < 1.29 is 5.11 Å². The Hall–Kier alpha value is -2.61. The number of hydrogen-bond acceptors (Lipinski definition) is 2. The van der Waals surface area contributed by atoms with Gasteiger partial charge in [-0.15, -0.1) is 0 Å². The molecule has 4 aliphatic carbocycles. The first-order valence-electron chi connectivity index (χ1n) is 11.5. The van der Waals surface area contributed by atoms with Gasteiger partial charge in [0.1, 0.15) is 5.75 Å². The lowest BCUT2D eigenvalue weighted by Gasteiger charge is -2.57. The zero-order valence-corrected chi connectivity index (χ0v) is 17.6. The van der Waals surface area contributed by atoms with Gasteiger partial charge in [-0.05, 0) is 97.9 Å². The highest BCUT2D eigenvalue weighted by molar-refractivity contribution is 5.86. The maximum absolute atomic E-state index is 11.7. The van der Waals surface area contributed by atoms with Crippen LogP contribution in [0.5, 0.6) is 5.75 Å². The van der Waals surface area contributed by atoms with E-state index in [2.05, 4.69) is 48.3 Å². The van der Waals surface area contributed by atoms with Gasteiger partial charge in [-0.3, -0.25) is 4.98 Å². The maximum Gasteiger partial charge on any atom is 0.127 e. The number of aromatic hydroxyl groups is 1. The average Bonchev–Trinajstić information content (AvgIpc) is 2.75. The zero-order valence-electron chi connectivity index (χ0n) is 17.6. The van der Waals surface area contributed by atoms with E-state index in [1.165, 1.54) is 49.7 Å². The molecule has 4 fully saturated rings. The van der Waals surface area contributed by atoms with Crippen LogP contribution < -0.4 is 0 Å². The SMILES string of the molecule is Cc1cc(-c2ccccc2-c2ccccn2)c(O)c(C23CC4CC(CC(C4)C2)C3)c1. The van der Waals surface area contributed by atoms with Crippen molar-refractivity contribution >= 4 is 0 Å². The predicted octanol–water partition coefficient (Wildman–Crippen LogP) is 6.90. The highest BCUT2D eigenvalue weighted by Gasteiger charge is 2.52. The maximum atomic E-state index is 11.7. The first-order valence-corrected chi connectivity index (χ1v) is 11.5. The van der Waals surface area contributed by atoms with Crippen molar-refractivity contribution in [3.63, 3.8) is 0 Å². The van der Waals surface area contributed by atoms with Gasteiger partial charge in [0.05, 0.1) is 5.69 Å². The van der Waals surface area contributed by atoms with Crippen molar-refractivity contribution in [3.05, 3.63) is 71.9 Å². The minimum absolute atomic E-state index is 0.180. The number of benzene rings is 2. The standard InChI is InChI=1S/C28H29NO/c1-18-10-24(22-6-2-3-7-23(22)26-8-4-5-9-29-26)27(30)25(11-18)28-15-19-12-20(16-28)14-21(13-19)17-28/h2-11,19-21,30H,12-17H2,1H3. The number of phenolic OH excluding ortho intramolecular Hbond substituents is 1. The molecule has 0 amide bonds. The fourth-order valence-corrected chi connectivity index (χ4v) is 7.29. The molecule has 7 rings (SSSR count). The molecule has 1 N–H and O–H groups in total. The number of aromatic nitrogens is 1. The first-order chi connectivity index (χ1) is 14.6. The fourth-order valence-electron chi connectivity index (χ4n) is 7.29. The molecule has 0 radical (unpaired) electrons. The molecule has 2 aromatic carbocycles. The third-order valence-electron chi connectivity index (χ3n) is 8.02. The Morgan fingerprint density at radius 1 is 0.800 bits per heavy atom. The lowest BCUT2D eigenvalue weighted by molar-refractivity contribution is -0.00612. The Balaban J connectivity index is 1.52. The summed E-state index contributed by atoms with van der Waals surface area (Å²) in [7, 11) is 0. The smallest absolute Gasteiger partial charge is 0.127 e. The van der Waals surface area contributed by atoms with Gasteiger partial charge in [0.15, 0.2) is 0 Å². The van der Waals surface area contributed by atoms with Gasteiger partial charge in [-0.25, -0.2) is 0 Å². The number of aryl methyl sites for hydroxylation is 1. The van der Waals surface area contributed by atoms with Crippen LogP contribution in [0, 0.1) is 24.7 Å². The summed E-state index contributed by atoms with van der Waals surface area (Å²) in [5, 5.41) is 11.7. The molecular weight excluding hydrogens is 366 g/mol. The molecule has 30 heavy (non-hydrogen) atoms. The van der Waals surface area contributed by atoms with Crippen LogP contribution in [0.3, 0.4) is 0 Å². The van der Waals surface area contributed by atoms with E-state index in [0.717, 1.165) is 40.1 Å². The molecule has 2 nitrogen and oxygen atoms in total. The Bertz CT molecular complexity index is 1070. The monoisotopic (exact) mass is 395 g/mol. The Morgan fingerprint density at radius 3 is 2.07 bits per heavy atom. The second-order valence-electron chi connectivity index (χ2n) is 10.2. The molecule has 152 valence electrons. The summed E-state index contributed by atoms with van der Waals surface area (Å²) in [4.78, 5) is 4.58. The first kappa shape index (κ1) is 18.2. The van der Waals surface area contributed by atoms with Crippen LogP contribution >= 0.6 is 0 Å². The van der Waals surface area contributed by atoms with Gasteiger partial charge in [-0.2, -0.15) is 0 Å². The van der Waals surface area contributed by atoms with Crippen molar-refractivity contribution in [2.45, 2.75) is 50.9 Å². The van der Waals surface area contributed by atoms with Gasteiger partial charge in [0, 0.05) is 22.9 Å². The molecule has 0 unspecified atom stereocenters. The molecule has 4 saturated carbocycles. The molecule has 1 aromatic heterocycles. The number of pyridine rings is 1. The molecular formula is C28H29NO. The van der Waals surface area contributed by atoms with E-state index < -0.39 is 0 Å². The van der Waals surface area contributed by atoms with E-state index in [1.807, 2.05) is 24.4 Å². The second-order valence-corrected chi connectivity index (χ2v) is 10.2. The lowest BCUT2D eigenvalue weighted by atomic mass is 9.48. The molecule has 0 spiro atoms. The molecule has 0 saturated heterocycles. The summed E-state index contributed by atoms with van der Waals surface area (Å²) in [6.45, 7) is 2.18. The largest absolute Gasteiger partial charge is 0.507 e. The number of rotatable bonds is 3. The van der Waals surface area contributed by atoms with Crippen LogP contribution in [0.15, 0.2) is 60.8 Å². The van der Waals surface area contributed by atoms with E-state index in [-0.39, 0.29) is 5.41 Å². The van der Waals surface area contributed by atoms with Crippen molar-refractivity contribution in [3.8, 4) is 28.1 Å². The number of phenols is 1. The summed E-state index contributed by atoms with van der Waals surface area (Å²) < 4.78 is 0. The molecule has 0 aliphatic heterocycles. The summed E-state index contributed by atoms with van der Waals surface area (Å²) in [5.41, 5.74) is 6.70. The van der Waals surface area contributed by atoms with Crippen molar-refractivity contribution in [1.29, 1.82) is 0 Å². The van der Waals surface area contributed by atoms with Crippen LogP contribution in [0.4, 0.5) is 0 Å². The predicted molar refractivity (Wildman–Crippen MR) is 121 cm³/mol. The van der Waals surface area contributed by atoms with Crippen LogP contribution in [-0.2, 0) is 5.41 Å². The molecule has 1 heterocycles. The minimum atomic E-state index is 0.180. The summed E-state index contributed by atoms with van der Waals surface area (Å²) in [5.74, 6) is 3.09. The summed E-state index contributed by atoms with van der Waals surface area (Å²) >= 11 is 0. The van der Waals surface area contributed by atoms with E-state index in [9.17, 15) is 5.11 Å². The van der Waals surface area contributed by atoms with E-state index in [1.54, 1.807) is 0 Å². The topological polar surface area (TPSA) is 33.1 Å². The highest BCUT2D eigenvalue weighted by Crippen LogP contribution is 2.62. The summed E-state index contributed by atoms with van der Waals surface area (Å²) in [6, 6.07) is 18.8. The fraction of sp³-hybridized carbons (Fsp3) is 0.393.